The summed E-state index contributed by atoms with van der Waals surface area (Å²) in [4.78, 5) is 30.8. The fraction of sp³-hybridized carbons (Fsp3) is 0.435. The molecule has 0 spiro atoms. The number of nitrogens with zero attached hydrogens (tertiary/aromatic N) is 2. The molecule has 2 amide bonds. The number of hydrogen-bond acceptors (Lipinski definition) is 6. The number of rotatable bonds is 7. The molecule has 3 aromatic rings. The number of thiophene rings is 1. The van der Waals surface area contributed by atoms with Gasteiger partial charge in [0.2, 0.25) is 5.91 Å². The zero-order valence-corrected chi connectivity index (χ0v) is 20.8. The number of halogens is 3. The second kappa shape index (κ2) is 10.1. The maximum absolute atomic E-state index is 13.2. The maximum atomic E-state index is 13.2. The number of anilines is 1. The zero-order chi connectivity index (χ0) is 25.3. The summed E-state index contributed by atoms with van der Waals surface area (Å²) in [5.74, 6) is -0.198. The van der Waals surface area contributed by atoms with Crippen molar-refractivity contribution in [3.63, 3.8) is 0 Å². The van der Waals surface area contributed by atoms with Crippen LogP contribution in [0, 0.1) is 0 Å². The molecule has 35 heavy (non-hydrogen) atoms. The van der Waals surface area contributed by atoms with Crippen LogP contribution in [0.25, 0.3) is 20.8 Å². The van der Waals surface area contributed by atoms with Crippen molar-refractivity contribution in [3.8, 4) is 10.6 Å². The topological polar surface area (TPSA) is 94.6 Å². The molecule has 1 aliphatic heterocycles. The molecule has 4 rings (SSSR count). The second-order valence-electron chi connectivity index (χ2n) is 8.42. The summed E-state index contributed by atoms with van der Waals surface area (Å²) >= 11 is 2.55. The summed E-state index contributed by atoms with van der Waals surface area (Å²) in [6.45, 7) is 5.08. The minimum absolute atomic E-state index is 0.191. The zero-order valence-electron chi connectivity index (χ0n) is 19.2. The predicted octanol–water partition coefficient (Wildman–Crippen LogP) is 5.80. The van der Waals surface area contributed by atoms with Crippen LogP contribution in [0.1, 0.15) is 42.7 Å². The molecule has 2 aromatic heterocycles. The highest BCUT2D eigenvalue weighted by atomic mass is 32.1. The van der Waals surface area contributed by atoms with E-state index in [0.717, 1.165) is 29.0 Å². The first-order valence-corrected chi connectivity index (χ1v) is 12.8. The highest BCUT2D eigenvalue weighted by Gasteiger charge is 2.32. The quantitative estimate of drug-likeness (QED) is 0.362. The van der Waals surface area contributed by atoms with Gasteiger partial charge in [0, 0.05) is 36.0 Å². The third-order valence-electron chi connectivity index (χ3n) is 5.97. The average molecular weight is 527 g/mol. The van der Waals surface area contributed by atoms with Crippen molar-refractivity contribution in [1.82, 2.24) is 15.2 Å². The molecule has 0 radical (unpaired) electrons. The summed E-state index contributed by atoms with van der Waals surface area (Å²) in [7, 11) is 0. The molecule has 0 unspecified atom stereocenters. The lowest BCUT2D eigenvalue weighted by Crippen LogP contribution is -2.34. The van der Waals surface area contributed by atoms with E-state index >= 15 is 0 Å². The number of alkyl halides is 3. The van der Waals surface area contributed by atoms with Crippen LogP contribution >= 0.6 is 22.7 Å². The van der Waals surface area contributed by atoms with E-state index in [0.29, 0.717) is 45.8 Å². The third kappa shape index (κ3) is 5.60. The number of carbonyl (C=O) groups is 2. The van der Waals surface area contributed by atoms with Crippen LogP contribution in [0.3, 0.4) is 0 Å². The molecule has 188 valence electrons. The molecule has 0 fully saturated rings. The lowest BCUT2D eigenvalue weighted by molar-refractivity contribution is -0.137. The van der Waals surface area contributed by atoms with E-state index < -0.39 is 17.8 Å². The Morgan fingerprint density at radius 1 is 1.29 bits per heavy atom. The second-order valence-corrected chi connectivity index (χ2v) is 10.6. The summed E-state index contributed by atoms with van der Waals surface area (Å²) < 4.78 is 40.1. The summed E-state index contributed by atoms with van der Waals surface area (Å²) in [5, 5.41) is 16.7. The van der Waals surface area contributed by atoms with Crippen molar-refractivity contribution in [2.45, 2.75) is 51.9 Å². The Balaban J connectivity index is 1.68. The molecule has 0 saturated heterocycles. The number of amides is 2. The lowest BCUT2D eigenvalue weighted by atomic mass is 10.0. The minimum Gasteiger partial charge on any atom is -0.465 e. The molecule has 0 saturated carbocycles. The first kappa shape index (κ1) is 25.4. The molecule has 0 bridgehead atoms. The van der Waals surface area contributed by atoms with Crippen molar-refractivity contribution < 1.29 is 27.9 Å². The molecule has 1 aromatic carbocycles. The Morgan fingerprint density at radius 2 is 2.06 bits per heavy atom. The number of carbonyl (C=O) groups excluding carboxylic acids is 1. The SMILES string of the molecule is CC[C@H](C)NCCC(=O)Nc1sc2c(c1-c1nc3cc(C(F)(F)F)ccc3s1)CCN(C(=O)O)C2. The van der Waals surface area contributed by atoms with E-state index in [-0.39, 0.29) is 24.4 Å². The number of hydrogen-bond donors (Lipinski definition) is 3. The van der Waals surface area contributed by atoms with Crippen LogP contribution in [0.5, 0.6) is 0 Å². The van der Waals surface area contributed by atoms with Crippen molar-refractivity contribution in [2.75, 3.05) is 18.4 Å². The highest BCUT2D eigenvalue weighted by Crippen LogP contribution is 2.46. The smallest absolute Gasteiger partial charge is 0.416 e. The number of thiazole rings is 1. The molecule has 1 atom stereocenters. The average Bonchev–Trinajstić information content (AvgIpc) is 3.37. The summed E-state index contributed by atoms with van der Waals surface area (Å²) in [6.07, 6.45) is -3.86. The van der Waals surface area contributed by atoms with Gasteiger partial charge in [-0.15, -0.1) is 22.7 Å². The Bertz CT molecular complexity index is 1250. The van der Waals surface area contributed by atoms with Gasteiger partial charge in [-0.05, 0) is 43.5 Å². The first-order chi connectivity index (χ1) is 16.6. The maximum Gasteiger partial charge on any atom is 0.416 e. The molecule has 7 nitrogen and oxygen atoms in total. The van der Waals surface area contributed by atoms with E-state index in [1.54, 1.807) is 0 Å². The highest BCUT2D eigenvalue weighted by molar-refractivity contribution is 7.23. The van der Waals surface area contributed by atoms with Crippen LogP contribution < -0.4 is 10.6 Å². The van der Waals surface area contributed by atoms with Gasteiger partial charge >= 0.3 is 12.3 Å². The van der Waals surface area contributed by atoms with E-state index in [4.69, 9.17) is 0 Å². The van der Waals surface area contributed by atoms with E-state index in [9.17, 15) is 27.9 Å². The Labute approximate surface area is 208 Å². The van der Waals surface area contributed by atoms with Crippen molar-refractivity contribution in [2.24, 2.45) is 0 Å². The molecule has 3 N–H and O–H groups in total. The van der Waals surface area contributed by atoms with Gasteiger partial charge < -0.3 is 20.6 Å². The molecular weight excluding hydrogens is 501 g/mol. The lowest BCUT2D eigenvalue weighted by Gasteiger charge is -2.24. The van der Waals surface area contributed by atoms with Crippen LogP contribution in [-0.2, 0) is 23.9 Å². The molecule has 12 heteroatoms. The largest absolute Gasteiger partial charge is 0.465 e. The molecule has 1 aliphatic rings. The monoisotopic (exact) mass is 526 g/mol. The van der Waals surface area contributed by atoms with E-state index in [1.165, 1.54) is 33.6 Å². The number of carboxylic acid groups (broad SMARTS) is 1. The van der Waals surface area contributed by atoms with Gasteiger partial charge in [-0.25, -0.2) is 9.78 Å². The number of fused-ring (bicyclic) bond motifs is 2. The van der Waals surface area contributed by atoms with E-state index in [1.807, 2.05) is 6.92 Å². The Morgan fingerprint density at radius 3 is 2.74 bits per heavy atom. The number of aromatic nitrogens is 1. The van der Waals surface area contributed by atoms with Gasteiger partial charge in [-0.2, -0.15) is 13.2 Å². The fourth-order valence-corrected chi connectivity index (χ4v) is 6.23. The van der Waals surface area contributed by atoms with Gasteiger partial charge in [-0.1, -0.05) is 6.92 Å². The van der Waals surface area contributed by atoms with Gasteiger partial charge in [0.15, 0.2) is 0 Å². The molecular formula is C23H25F3N4O3S2. The van der Waals surface area contributed by atoms with Crippen molar-refractivity contribution in [1.29, 1.82) is 0 Å². The fourth-order valence-electron chi connectivity index (χ4n) is 3.86. The third-order valence-corrected chi connectivity index (χ3v) is 8.15. The number of benzene rings is 1. The van der Waals surface area contributed by atoms with Gasteiger partial charge in [0.05, 0.1) is 22.3 Å². The normalized spacial score (nSPS) is 14.7. The summed E-state index contributed by atoms with van der Waals surface area (Å²) in [5.41, 5.74) is 1.02. The van der Waals surface area contributed by atoms with E-state index in [2.05, 4.69) is 22.5 Å². The van der Waals surface area contributed by atoms with Gasteiger partial charge in [0.1, 0.15) is 10.0 Å². The van der Waals surface area contributed by atoms with Crippen LogP contribution in [0.15, 0.2) is 18.2 Å². The van der Waals surface area contributed by atoms with Crippen LogP contribution in [0.2, 0.25) is 0 Å². The van der Waals surface area contributed by atoms with Gasteiger partial charge in [-0.3, -0.25) is 4.79 Å². The Hall–Kier alpha value is -2.70. The summed E-state index contributed by atoms with van der Waals surface area (Å²) in [6, 6.07) is 3.76. The van der Waals surface area contributed by atoms with Crippen LogP contribution in [0.4, 0.5) is 23.0 Å². The molecule has 3 heterocycles. The van der Waals surface area contributed by atoms with Crippen molar-refractivity contribution in [3.05, 3.63) is 34.2 Å². The van der Waals surface area contributed by atoms with Crippen molar-refractivity contribution >= 4 is 49.9 Å². The van der Waals surface area contributed by atoms with Crippen LogP contribution in [-0.4, -0.2) is 46.1 Å². The predicted molar refractivity (Wildman–Crippen MR) is 131 cm³/mol. The first-order valence-electron chi connectivity index (χ1n) is 11.2. The molecule has 0 aliphatic carbocycles. The number of nitrogens with one attached hydrogen (secondary N) is 2. The minimum atomic E-state index is -4.47. The Kier molecular flexibility index (Phi) is 7.34. The van der Waals surface area contributed by atoms with Gasteiger partial charge in [0.25, 0.3) is 0 Å². The standard InChI is InChI=1S/C23H25F3N4O3S2/c1-3-12(2)27-8-6-18(31)29-21-19(14-7-9-30(22(32)33)11-17(14)35-21)20-28-15-10-13(23(24,25)26)4-5-16(15)34-20/h4-5,10,12,27H,3,6-9,11H2,1-2H3,(H,29,31)(H,32,33)/t12-/m0/s1.